The fourth-order valence-corrected chi connectivity index (χ4v) is 4.08. The van der Waals surface area contributed by atoms with Gasteiger partial charge in [-0.2, -0.15) is 0 Å². The number of halogens is 1. The van der Waals surface area contributed by atoms with Gasteiger partial charge in [0.1, 0.15) is 0 Å². The zero-order valence-corrected chi connectivity index (χ0v) is 14.8. The highest BCUT2D eigenvalue weighted by molar-refractivity contribution is 6.31. The minimum atomic E-state index is 0.199. The number of hydrogen-bond donors (Lipinski definition) is 0. The van der Waals surface area contributed by atoms with Gasteiger partial charge in [-0.3, -0.25) is 14.6 Å². The van der Waals surface area contributed by atoms with Gasteiger partial charge in [-0.15, -0.1) is 0 Å². The van der Waals surface area contributed by atoms with Crippen LogP contribution in [-0.4, -0.2) is 65.9 Å². The highest BCUT2D eigenvalue weighted by atomic mass is 35.5. The van der Waals surface area contributed by atoms with Crippen molar-refractivity contribution in [1.82, 2.24) is 14.7 Å². The maximum atomic E-state index is 11.5. The number of rotatable bonds is 3. The topological polar surface area (TPSA) is 26.8 Å². The second-order valence-corrected chi connectivity index (χ2v) is 7.28. The molecule has 1 aromatic carbocycles. The van der Waals surface area contributed by atoms with E-state index in [1.165, 1.54) is 5.56 Å². The summed E-state index contributed by atoms with van der Waals surface area (Å²) in [4.78, 5) is 18.5. The average molecular weight is 336 g/mol. The molecule has 0 radical (unpaired) electrons. The number of likely N-dealkylation sites (tertiary alicyclic amines) is 1. The zero-order chi connectivity index (χ0) is 16.4. The average Bonchev–Trinajstić information content (AvgIpc) is 2.90. The van der Waals surface area contributed by atoms with E-state index in [-0.39, 0.29) is 5.91 Å². The number of nitrogens with zero attached hydrogens (tertiary/aromatic N) is 3. The smallest absolute Gasteiger partial charge is 0.219 e. The van der Waals surface area contributed by atoms with Gasteiger partial charge in [0.25, 0.3) is 0 Å². The predicted octanol–water partition coefficient (Wildman–Crippen LogP) is 2.32. The van der Waals surface area contributed by atoms with Crippen LogP contribution in [0.5, 0.6) is 0 Å². The van der Waals surface area contributed by atoms with Crippen molar-refractivity contribution in [2.24, 2.45) is 5.92 Å². The van der Waals surface area contributed by atoms with Crippen LogP contribution in [-0.2, 0) is 11.3 Å². The third-order valence-corrected chi connectivity index (χ3v) is 5.60. The molecule has 0 spiro atoms. The molecule has 2 fully saturated rings. The summed E-state index contributed by atoms with van der Waals surface area (Å²) in [5, 5.41) is 0.860. The van der Waals surface area contributed by atoms with Gasteiger partial charge in [-0.1, -0.05) is 36.7 Å². The number of carbonyl (C=O) groups excluding carboxylic acids is 1. The molecule has 4 nitrogen and oxygen atoms in total. The fraction of sp³-hybridized carbons (Fsp3) is 0.611. The minimum absolute atomic E-state index is 0.199. The summed E-state index contributed by atoms with van der Waals surface area (Å²) in [6.07, 6.45) is 0. The van der Waals surface area contributed by atoms with Crippen LogP contribution in [0.4, 0.5) is 0 Å². The summed E-state index contributed by atoms with van der Waals surface area (Å²) >= 11 is 6.30. The predicted molar refractivity (Wildman–Crippen MR) is 93.5 cm³/mol. The first-order chi connectivity index (χ1) is 11.0. The molecule has 0 bridgehead atoms. The van der Waals surface area contributed by atoms with Crippen LogP contribution in [0, 0.1) is 5.92 Å². The van der Waals surface area contributed by atoms with E-state index in [2.05, 4.69) is 28.9 Å². The molecule has 2 aliphatic rings. The molecule has 23 heavy (non-hydrogen) atoms. The van der Waals surface area contributed by atoms with E-state index in [0.29, 0.717) is 12.0 Å². The summed E-state index contributed by atoms with van der Waals surface area (Å²) in [5.41, 5.74) is 1.21. The number of carbonyl (C=O) groups is 1. The molecule has 0 N–H and O–H groups in total. The summed E-state index contributed by atoms with van der Waals surface area (Å²) < 4.78 is 0. The van der Waals surface area contributed by atoms with Crippen LogP contribution < -0.4 is 0 Å². The largest absolute Gasteiger partial charge is 0.340 e. The number of piperazine rings is 1. The van der Waals surface area contributed by atoms with Crippen LogP contribution in [0.25, 0.3) is 0 Å². The molecule has 1 amide bonds. The molecule has 3 rings (SSSR count). The molecular weight excluding hydrogens is 310 g/mol. The van der Waals surface area contributed by atoms with Gasteiger partial charge in [0.2, 0.25) is 5.91 Å². The van der Waals surface area contributed by atoms with E-state index in [1.807, 2.05) is 17.0 Å². The first kappa shape index (κ1) is 16.7. The van der Waals surface area contributed by atoms with E-state index in [0.717, 1.165) is 50.8 Å². The van der Waals surface area contributed by atoms with Crippen molar-refractivity contribution >= 4 is 17.5 Å². The van der Waals surface area contributed by atoms with Crippen molar-refractivity contribution in [1.29, 1.82) is 0 Å². The second-order valence-electron chi connectivity index (χ2n) is 6.87. The molecule has 2 heterocycles. The molecule has 2 saturated heterocycles. The molecule has 126 valence electrons. The molecule has 2 atom stereocenters. The molecule has 0 aliphatic carbocycles. The normalized spacial score (nSPS) is 26.7. The van der Waals surface area contributed by atoms with Crippen LogP contribution in [0.2, 0.25) is 5.02 Å². The van der Waals surface area contributed by atoms with Gasteiger partial charge in [-0.25, -0.2) is 0 Å². The molecule has 5 heteroatoms. The van der Waals surface area contributed by atoms with Crippen LogP contribution in [0.15, 0.2) is 24.3 Å². The molecule has 0 aromatic heterocycles. The summed E-state index contributed by atoms with van der Waals surface area (Å²) in [6, 6.07) is 8.71. The van der Waals surface area contributed by atoms with E-state index >= 15 is 0 Å². The van der Waals surface area contributed by atoms with Crippen LogP contribution >= 0.6 is 11.6 Å². The van der Waals surface area contributed by atoms with Gasteiger partial charge in [0.05, 0.1) is 0 Å². The van der Waals surface area contributed by atoms with Crippen molar-refractivity contribution in [3.8, 4) is 0 Å². The first-order valence-electron chi connectivity index (χ1n) is 8.50. The van der Waals surface area contributed by atoms with E-state index in [4.69, 9.17) is 11.6 Å². The van der Waals surface area contributed by atoms with Crippen molar-refractivity contribution in [2.45, 2.75) is 26.4 Å². The number of benzene rings is 1. The zero-order valence-electron chi connectivity index (χ0n) is 14.0. The molecule has 0 saturated carbocycles. The Labute approximate surface area is 144 Å². The highest BCUT2D eigenvalue weighted by Gasteiger charge is 2.35. The van der Waals surface area contributed by atoms with Crippen molar-refractivity contribution in [3.63, 3.8) is 0 Å². The third-order valence-electron chi connectivity index (χ3n) is 5.23. The van der Waals surface area contributed by atoms with Crippen molar-refractivity contribution < 1.29 is 4.79 Å². The van der Waals surface area contributed by atoms with E-state index < -0.39 is 0 Å². The molecule has 0 unspecified atom stereocenters. The first-order valence-corrected chi connectivity index (χ1v) is 8.87. The van der Waals surface area contributed by atoms with Gasteiger partial charge < -0.3 is 4.90 Å². The Bertz CT molecular complexity index is 557. The van der Waals surface area contributed by atoms with Crippen molar-refractivity contribution in [3.05, 3.63) is 34.9 Å². The Morgan fingerprint density at radius 2 is 1.87 bits per heavy atom. The maximum Gasteiger partial charge on any atom is 0.219 e. The quantitative estimate of drug-likeness (QED) is 0.848. The van der Waals surface area contributed by atoms with E-state index in [9.17, 15) is 4.79 Å². The number of hydrogen-bond acceptors (Lipinski definition) is 3. The minimum Gasteiger partial charge on any atom is -0.340 e. The van der Waals surface area contributed by atoms with E-state index in [1.54, 1.807) is 6.92 Å². The highest BCUT2D eigenvalue weighted by Crippen LogP contribution is 2.26. The number of amides is 1. The summed E-state index contributed by atoms with van der Waals surface area (Å²) in [5.74, 6) is 0.853. The SMILES string of the molecule is CC(=O)N1CCN([C@H]2CN(Cc3ccccc3Cl)C[C@@H]2C)CC1. The van der Waals surface area contributed by atoms with Gasteiger partial charge in [-0.05, 0) is 17.5 Å². The Balaban J connectivity index is 1.57. The molecule has 2 aliphatic heterocycles. The summed E-state index contributed by atoms with van der Waals surface area (Å²) in [6.45, 7) is 10.9. The Kier molecular flexibility index (Phi) is 5.24. The lowest BCUT2D eigenvalue weighted by molar-refractivity contribution is -0.130. The monoisotopic (exact) mass is 335 g/mol. The standard InChI is InChI=1S/C18H26ClN3O/c1-14-11-20(12-16-5-3-4-6-17(16)19)13-18(14)22-9-7-21(8-10-22)15(2)23/h3-6,14,18H,7-13H2,1-2H3/t14-,18-/m0/s1. The van der Waals surface area contributed by atoms with Crippen LogP contribution in [0.1, 0.15) is 19.4 Å². The lowest BCUT2D eigenvalue weighted by Crippen LogP contribution is -2.53. The second kappa shape index (κ2) is 7.20. The summed E-state index contributed by atoms with van der Waals surface area (Å²) in [7, 11) is 0. The lowest BCUT2D eigenvalue weighted by atomic mass is 10.0. The van der Waals surface area contributed by atoms with Gasteiger partial charge >= 0.3 is 0 Å². The fourth-order valence-electron chi connectivity index (χ4n) is 3.89. The maximum absolute atomic E-state index is 11.5. The Morgan fingerprint density at radius 1 is 1.17 bits per heavy atom. The Morgan fingerprint density at radius 3 is 2.52 bits per heavy atom. The molecular formula is C18H26ClN3O. The van der Waals surface area contributed by atoms with Crippen molar-refractivity contribution in [2.75, 3.05) is 39.3 Å². The van der Waals surface area contributed by atoms with Gasteiger partial charge in [0, 0.05) is 63.8 Å². The van der Waals surface area contributed by atoms with Gasteiger partial charge in [0.15, 0.2) is 0 Å². The Hall–Kier alpha value is -1.10. The molecule has 1 aromatic rings. The van der Waals surface area contributed by atoms with Crippen LogP contribution in [0.3, 0.4) is 0 Å². The lowest BCUT2D eigenvalue weighted by Gasteiger charge is -2.39. The third kappa shape index (κ3) is 3.87.